The summed E-state index contributed by atoms with van der Waals surface area (Å²) >= 11 is 0. The van der Waals surface area contributed by atoms with E-state index in [1.54, 1.807) is 0 Å². The van der Waals surface area contributed by atoms with Crippen LogP contribution in [0.5, 0.6) is 0 Å². The van der Waals surface area contributed by atoms with Crippen LogP contribution < -0.4 is 0 Å². The third-order valence-corrected chi connectivity index (χ3v) is 4.68. The van der Waals surface area contributed by atoms with Crippen molar-refractivity contribution in [3.63, 3.8) is 0 Å². The molecule has 1 aliphatic carbocycles. The maximum atomic E-state index is 2.38. The molecular weight excluding hydrogens is 216 g/mol. The topological polar surface area (TPSA) is 0 Å². The summed E-state index contributed by atoms with van der Waals surface area (Å²) in [7, 11) is 0. The second kappa shape index (κ2) is 7.61. The zero-order valence-electron chi connectivity index (χ0n) is 11.9. The summed E-state index contributed by atoms with van der Waals surface area (Å²) in [5.41, 5.74) is 1.53. The van der Waals surface area contributed by atoms with Crippen molar-refractivity contribution in [3.8, 4) is 0 Å². The van der Waals surface area contributed by atoms with Crippen molar-refractivity contribution in [2.45, 2.75) is 64.7 Å². The Balaban J connectivity index is 1.93. The molecule has 0 N–H and O–H groups in total. The van der Waals surface area contributed by atoms with Crippen LogP contribution in [0.3, 0.4) is 0 Å². The van der Waals surface area contributed by atoms with E-state index in [0.29, 0.717) is 0 Å². The first-order valence-corrected chi connectivity index (χ1v) is 7.94. The summed E-state index contributed by atoms with van der Waals surface area (Å²) in [4.78, 5) is 0. The molecule has 0 saturated heterocycles. The highest BCUT2D eigenvalue weighted by Gasteiger charge is 2.20. The van der Waals surface area contributed by atoms with Crippen LogP contribution in [0, 0.1) is 11.8 Å². The van der Waals surface area contributed by atoms with Gasteiger partial charge >= 0.3 is 0 Å². The third-order valence-electron chi connectivity index (χ3n) is 4.68. The molecule has 1 saturated carbocycles. The summed E-state index contributed by atoms with van der Waals surface area (Å²) < 4.78 is 0. The Morgan fingerprint density at radius 3 is 2.17 bits per heavy atom. The molecule has 1 aliphatic rings. The third kappa shape index (κ3) is 4.15. The lowest BCUT2D eigenvalue weighted by Crippen LogP contribution is -2.18. The van der Waals surface area contributed by atoms with Gasteiger partial charge < -0.3 is 0 Å². The van der Waals surface area contributed by atoms with Gasteiger partial charge in [0.15, 0.2) is 0 Å². The molecule has 2 rings (SSSR count). The first-order valence-electron chi connectivity index (χ1n) is 7.94. The first-order chi connectivity index (χ1) is 8.90. The maximum absolute atomic E-state index is 2.38. The maximum Gasteiger partial charge on any atom is -0.0248 e. The molecule has 18 heavy (non-hydrogen) atoms. The van der Waals surface area contributed by atoms with Crippen LogP contribution in [0.4, 0.5) is 0 Å². The highest BCUT2D eigenvalue weighted by atomic mass is 14.3. The van der Waals surface area contributed by atoms with Crippen molar-refractivity contribution in [1.29, 1.82) is 0 Å². The van der Waals surface area contributed by atoms with Crippen LogP contribution in [0.25, 0.3) is 0 Å². The van der Waals surface area contributed by atoms with Gasteiger partial charge in [-0.15, -0.1) is 0 Å². The molecule has 1 unspecified atom stereocenters. The zero-order valence-corrected chi connectivity index (χ0v) is 11.9. The smallest absolute Gasteiger partial charge is 0.0248 e. The van der Waals surface area contributed by atoms with Crippen molar-refractivity contribution >= 4 is 0 Å². The minimum absolute atomic E-state index is 0.908. The van der Waals surface area contributed by atoms with E-state index in [9.17, 15) is 0 Å². The molecule has 0 amide bonds. The summed E-state index contributed by atoms with van der Waals surface area (Å²) in [6.07, 6.45) is 12.9. The van der Waals surface area contributed by atoms with E-state index < -0.39 is 0 Å². The highest BCUT2D eigenvalue weighted by Crippen LogP contribution is 2.32. The predicted molar refractivity (Wildman–Crippen MR) is 79.7 cm³/mol. The molecule has 1 aromatic rings. The van der Waals surface area contributed by atoms with E-state index in [1.807, 2.05) is 0 Å². The quantitative estimate of drug-likeness (QED) is 0.645. The molecule has 0 radical (unpaired) electrons. The molecular formula is C18H28. The number of rotatable bonds is 4. The van der Waals surface area contributed by atoms with Crippen LogP contribution >= 0.6 is 0 Å². The molecule has 0 aliphatic heterocycles. The Morgan fingerprint density at radius 2 is 1.56 bits per heavy atom. The fourth-order valence-corrected chi connectivity index (χ4v) is 3.52. The average molecular weight is 244 g/mol. The van der Waals surface area contributed by atoms with Gasteiger partial charge in [-0.25, -0.2) is 0 Å². The second-order valence-corrected chi connectivity index (χ2v) is 5.96. The van der Waals surface area contributed by atoms with E-state index >= 15 is 0 Å². The van der Waals surface area contributed by atoms with E-state index in [2.05, 4.69) is 37.3 Å². The van der Waals surface area contributed by atoms with Gasteiger partial charge in [0.2, 0.25) is 0 Å². The number of hydrogen-bond acceptors (Lipinski definition) is 0. The van der Waals surface area contributed by atoms with Crippen molar-refractivity contribution in [2.24, 2.45) is 11.8 Å². The number of hydrogen-bond donors (Lipinski definition) is 0. The van der Waals surface area contributed by atoms with Gasteiger partial charge in [-0.2, -0.15) is 0 Å². The SMILES string of the molecule is CCC(Cc1ccccc1)C1CCCCCCC1. The van der Waals surface area contributed by atoms with Crippen molar-refractivity contribution in [3.05, 3.63) is 35.9 Å². The molecule has 1 fully saturated rings. The fraction of sp³-hybridized carbons (Fsp3) is 0.667. The Hall–Kier alpha value is -0.780. The van der Waals surface area contributed by atoms with E-state index in [1.165, 1.54) is 63.4 Å². The minimum atomic E-state index is 0.908. The molecule has 0 nitrogen and oxygen atoms in total. The Morgan fingerprint density at radius 1 is 0.944 bits per heavy atom. The number of benzene rings is 1. The molecule has 100 valence electrons. The van der Waals surface area contributed by atoms with Gasteiger partial charge in [0.05, 0.1) is 0 Å². The highest BCUT2D eigenvalue weighted by molar-refractivity contribution is 5.15. The van der Waals surface area contributed by atoms with Gasteiger partial charge in [0, 0.05) is 0 Å². The van der Waals surface area contributed by atoms with Crippen LogP contribution in [0.15, 0.2) is 30.3 Å². The lowest BCUT2D eigenvalue weighted by molar-refractivity contribution is 0.256. The standard InChI is InChI=1S/C18H28/c1-2-17(15-16-11-7-6-8-12-16)18-13-9-4-3-5-10-14-18/h6-8,11-12,17-18H,2-5,9-10,13-15H2,1H3. The van der Waals surface area contributed by atoms with Crippen LogP contribution in [-0.2, 0) is 6.42 Å². The first kappa shape index (κ1) is 13.6. The molecule has 1 atom stereocenters. The lowest BCUT2D eigenvalue weighted by Gasteiger charge is -2.28. The summed E-state index contributed by atoms with van der Waals surface area (Å²) in [6.45, 7) is 2.38. The molecule has 0 spiro atoms. The molecule has 0 heterocycles. The zero-order chi connectivity index (χ0) is 12.6. The summed E-state index contributed by atoms with van der Waals surface area (Å²) in [5, 5.41) is 0. The van der Waals surface area contributed by atoms with E-state index in [4.69, 9.17) is 0 Å². The van der Waals surface area contributed by atoms with E-state index in [0.717, 1.165) is 11.8 Å². The molecule has 0 heteroatoms. The average Bonchev–Trinajstić information content (AvgIpc) is 2.37. The van der Waals surface area contributed by atoms with Gasteiger partial charge in [0.25, 0.3) is 0 Å². The van der Waals surface area contributed by atoms with Gasteiger partial charge in [0.1, 0.15) is 0 Å². The van der Waals surface area contributed by atoms with Crippen LogP contribution in [0.1, 0.15) is 63.9 Å². The van der Waals surface area contributed by atoms with Crippen LogP contribution in [0.2, 0.25) is 0 Å². The Bertz CT molecular complexity index is 306. The van der Waals surface area contributed by atoms with Gasteiger partial charge in [-0.05, 0) is 23.8 Å². The van der Waals surface area contributed by atoms with Gasteiger partial charge in [-0.3, -0.25) is 0 Å². The normalized spacial score (nSPS) is 20.1. The predicted octanol–water partition coefficient (Wildman–Crippen LogP) is 5.62. The van der Waals surface area contributed by atoms with Crippen molar-refractivity contribution in [1.82, 2.24) is 0 Å². The lowest BCUT2D eigenvalue weighted by atomic mass is 9.78. The second-order valence-electron chi connectivity index (χ2n) is 5.96. The molecule has 0 bridgehead atoms. The molecule has 1 aromatic carbocycles. The van der Waals surface area contributed by atoms with Crippen LogP contribution in [-0.4, -0.2) is 0 Å². The molecule has 0 aromatic heterocycles. The van der Waals surface area contributed by atoms with Crippen molar-refractivity contribution in [2.75, 3.05) is 0 Å². The van der Waals surface area contributed by atoms with Gasteiger partial charge in [-0.1, -0.05) is 88.6 Å². The largest absolute Gasteiger partial charge is 0.0651 e. The summed E-state index contributed by atoms with van der Waals surface area (Å²) in [6, 6.07) is 11.1. The Labute approximate surface area is 113 Å². The minimum Gasteiger partial charge on any atom is -0.0651 e. The monoisotopic (exact) mass is 244 g/mol. The van der Waals surface area contributed by atoms with E-state index in [-0.39, 0.29) is 0 Å². The summed E-state index contributed by atoms with van der Waals surface area (Å²) in [5.74, 6) is 1.89. The van der Waals surface area contributed by atoms with Crippen molar-refractivity contribution < 1.29 is 0 Å². The fourth-order valence-electron chi connectivity index (χ4n) is 3.52. The Kier molecular flexibility index (Phi) is 5.77.